The Morgan fingerprint density at radius 2 is 1.84 bits per heavy atom. The molecule has 0 heterocycles. The molecule has 19 heavy (non-hydrogen) atoms. The van der Waals surface area contributed by atoms with E-state index in [4.69, 9.17) is 17.3 Å². The molecule has 0 fully saturated rings. The van der Waals surface area contributed by atoms with Crippen LogP contribution in [0, 0.1) is 0 Å². The standard InChI is InChI=1S/C15H23ClN2O/c1-3-15(4-2,18-14(19)6-5-11-17)12-7-9-13(16)10-8-12/h7-10H,3-6,11,17H2,1-2H3,(H,18,19). The van der Waals surface area contributed by atoms with E-state index in [1.54, 1.807) is 0 Å². The zero-order chi connectivity index (χ0) is 14.3. The molecule has 0 bridgehead atoms. The van der Waals surface area contributed by atoms with E-state index in [-0.39, 0.29) is 11.4 Å². The highest BCUT2D eigenvalue weighted by Crippen LogP contribution is 2.29. The summed E-state index contributed by atoms with van der Waals surface area (Å²) in [6.45, 7) is 4.71. The molecule has 106 valence electrons. The second-order valence-corrected chi connectivity index (χ2v) is 5.17. The number of carbonyl (C=O) groups is 1. The molecule has 0 aromatic heterocycles. The Kier molecular flexibility index (Phi) is 6.32. The molecule has 4 heteroatoms. The summed E-state index contributed by atoms with van der Waals surface area (Å²) in [6.07, 6.45) is 2.89. The van der Waals surface area contributed by atoms with Gasteiger partial charge in [0, 0.05) is 11.4 Å². The molecule has 0 aliphatic carbocycles. The van der Waals surface area contributed by atoms with Gasteiger partial charge in [0.05, 0.1) is 5.54 Å². The zero-order valence-electron chi connectivity index (χ0n) is 11.7. The van der Waals surface area contributed by atoms with Crippen molar-refractivity contribution < 1.29 is 4.79 Å². The molecular formula is C15H23ClN2O. The lowest BCUT2D eigenvalue weighted by Crippen LogP contribution is -2.45. The molecule has 0 atom stereocenters. The number of rotatable bonds is 7. The minimum Gasteiger partial charge on any atom is -0.347 e. The van der Waals surface area contributed by atoms with Crippen LogP contribution in [0.25, 0.3) is 0 Å². The predicted molar refractivity (Wildman–Crippen MR) is 80.1 cm³/mol. The minimum absolute atomic E-state index is 0.0594. The summed E-state index contributed by atoms with van der Waals surface area (Å²) in [6, 6.07) is 7.70. The number of hydrogen-bond acceptors (Lipinski definition) is 2. The van der Waals surface area contributed by atoms with Crippen LogP contribution >= 0.6 is 11.6 Å². The van der Waals surface area contributed by atoms with Gasteiger partial charge in [-0.15, -0.1) is 0 Å². The number of hydrogen-bond donors (Lipinski definition) is 2. The Bertz CT molecular complexity index is 399. The van der Waals surface area contributed by atoms with E-state index in [0.717, 1.165) is 24.8 Å². The normalized spacial score (nSPS) is 11.4. The van der Waals surface area contributed by atoms with E-state index in [9.17, 15) is 4.79 Å². The average molecular weight is 283 g/mol. The van der Waals surface area contributed by atoms with Gasteiger partial charge in [-0.2, -0.15) is 0 Å². The lowest BCUT2D eigenvalue weighted by Gasteiger charge is -2.33. The fourth-order valence-corrected chi connectivity index (χ4v) is 2.39. The number of nitrogens with one attached hydrogen (secondary N) is 1. The van der Waals surface area contributed by atoms with Crippen LogP contribution in [0.1, 0.15) is 45.1 Å². The van der Waals surface area contributed by atoms with Crippen molar-refractivity contribution in [2.45, 2.75) is 45.1 Å². The highest BCUT2D eigenvalue weighted by molar-refractivity contribution is 6.30. The first kappa shape index (κ1) is 16.0. The minimum atomic E-state index is -0.309. The largest absolute Gasteiger partial charge is 0.347 e. The maximum Gasteiger partial charge on any atom is 0.220 e. The van der Waals surface area contributed by atoms with Crippen LogP contribution in [0.3, 0.4) is 0 Å². The molecule has 0 saturated carbocycles. The highest BCUT2D eigenvalue weighted by atomic mass is 35.5. The number of nitrogens with two attached hydrogens (primary N) is 1. The summed E-state index contributed by atoms with van der Waals surface area (Å²) in [5.41, 5.74) is 6.23. The van der Waals surface area contributed by atoms with Gasteiger partial charge in [0.2, 0.25) is 5.91 Å². The van der Waals surface area contributed by atoms with E-state index in [1.165, 1.54) is 0 Å². The average Bonchev–Trinajstić information content (AvgIpc) is 2.43. The molecule has 0 aliphatic heterocycles. The van der Waals surface area contributed by atoms with E-state index < -0.39 is 0 Å². The van der Waals surface area contributed by atoms with Crippen molar-refractivity contribution in [1.82, 2.24) is 5.32 Å². The first-order chi connectivity index (χ1) is 9.07. The molecule has 1 amide bonds. The van der Waals surface area contributed by atoms with Crippen molar-refractivity contribution in [3.63, 3.8) is 0 Å². The van der Waals surface area contributed by atoms with Gasteiger partial charge in [-0.05, 0) is 43.5 Å². The lowest BCUT2D eigenvalue weighted by molar-refractivity contribution is -0.123. The van der Waals surface area contributed by atoms with E-state index in [1.807, 2.05) is 24.3 Å². The fraction of sp³-hybridized carbons (Fsp3) is 0.533. The van der Waals surface area contributed by atoms with Crippen molar-refractivity contribution in [2.24, 2.45) is 5.73 Å². The summed E-state index contributed by atoms with van der Waals surface area (Å²) >= 11 is 5.92. The molecule has 0 unspecified atom stereocenters. The van der Waals surface area contributed by atoms with Crippen LogP contribution < -0.4 is 11.1 Å². The third-order valence-electron chi connectivity index (χ3n) is 3.59. The molecule has 0 spiro atoms. The topological polar surface area (TPSA) is 55.1 Å². The van der Waals surface area contributed by atoms with E-state index in [2.05, 4.69) is 19.2 Å². The van der Waals surface area contributed by atoms with Gasteiger partial charge in [-0.25, -0.2) is 0 Å². The van der Waals surface area contributed by atoms with Gasteiger partial charge in [-0.1, -0.05) is 37.6 Å². The van der Waals surface area contributed by atoms with Crippen LogP contribution in [0.5, 0.6) is 0 Å². The molecule has 1 aromatic rings. The number of carbonyl (C=O) groups excluding carboxylic acids is 1. The van der Waals surface area contributed by atoms with Crippen molar-refractivity contribution >= 4 is 17.5 Å². The third kappa shape index (κ3) is 4.22. The molecule has 0 radical (unpaired) electrons. The Labute approximate surface area is 120 Å². The van der Waals surface area contributed by atoms with Gasteiger partial charge in [0.1, 0.15) is 0 Å². The van der Waals surface area contributed by atoms with Gasteiger partial charge < -0.3 is 11.1 Å². The maximum atomic E-state index is 12.0. The Morgan fingerprint density at radius 1 is 1.26 bits per heavy atom. The second-order valence-electron chi connectivity index (χ2n) is 4.74. The van der Waals surface area contributed by atoms with Crippen LogP contribution in [0.4, 0.5) is 0 Å². The summed E-state index contributed by atoms with van der Waals surface area (Å²) in [5, 5.41) is 3.87. The third-order valence-corrected chi connectivity index (χ3v) is 3.84. The molecule has 1 aromatic carbocycles. The van der Waals surface area contributed by atoms with Gasteiger partial charge in [0.15, 0.2) is 0 Å². The molecular weight excluding hydrogens is 260 g/mol. The fourth-order valence-electron chi connectivity index (χ4n) is 2.27. The molecule has 1 rings (SSSR count). The molecule has 0 aliphatic rings. The van der Waals surface area contributed by atoms with Gasteiger partial charge >= 0.3 is 0 Å². The second kappa shape index (κ2) is 7.51. The summed E-state index contributed by atoms with van der Waals surface area (Å²) in [7, 11) is 0. The van der Waals surface area contributed by atoms with Crippen LogP contribution in [-0.4, -0.2) is 12.5 Å². The summed E-state index contributed by atoms with van der Waals surface area (Å²) in [4.78, 5) is 12.0. The number of halogens is 1. The van der Waals surface area contributed by atoms with Gasteiger partial charge in [0.25, 0.3) is 0 Å². The lowest BCUT2D eigenvalue weighted by atomic mass is 9.84. The van der Waals surface area contributed by atoms with Crippen molar-refractivity contribution in [3.8, 4) is 0 Å². The first-order valence-electron chi connectivity index (χ1n) is 6.85. The monoisotopic (exact) mass is 282 g/mol. The molecule has 0 saturated heterocycles. The first-order valence-corrected chi connectivity index (χ1v) is 7.23. The molecule has 3 nitrogen and oxygen atoms in total. The van der Waals surface area contributed by atoms with E-state index >= 15 is 0 Å². The van der Waals surface area contributed by atoms with Crippen LogP contribution in [0.2, 0.25) is 5.02 Å². The Hall–Kier alpha value is -1.06. The van der Waals surface area contributed by atoms with Crippen LogP contribution in [-0.2, 0) is 10.3 Å². The molecule has 3 N–H and O–H groups in total. The Balaban J connectivity index is 2.90. The SMILES string of the molecule is CCC(CC)(NC(=O)CCCN)c1ccc(Cl)cc1. The van der Waals surface area contributed by atoms with E-state index in [0.29, 0.717) is 18.0 Å². The summed E-state index contributed by atoms with van der Waals surface area (Å²) < 4.78 is 0. The predicted octanol–water partition coefficient (Wildman–Crippen LogP) is 3.21. The quantitative estimate of drug-likeness (QED) is 0.807. The van der Waals surface area contributed by atoms with Crippen molar-refractivity contribution in [2.75, 3.05) is 6.54 Å². The smallest absolute Gasteiger partial charge is 0.220 e. The highest BCUT2D eigenvalue weighted by Gasteiger charge is 2.29. The van der Waals surface area contributed by atoms with Gasteiger partial charge in [-0.3, -0.25) is 4.79 Å². The van der Waals surface area contributed by atoms with Crippen LogP contribution in [0.15, 0.2) is 24.3 Å². The number of benzene rings is 1. The number of amides is 1. The Morgan fingerprint density at radius 3 is 2.32 bits per heavy atom. The van der Waals surface area contributed by atoms with Crippen molar-refractivity contribution in [1.29, 1.82) is 0 Å². The zero-order valence-corrected chi connectivity index (χ0v) is 12.5. The summed E-state index contributed by atoms with van der Waals surface area (Å²) in [5.74, 6) is 0.0594. The van der Waals surface area contributed by atoms with Crippen molar-refractivity contribution in [3.05, 3.63) is 34.9 Å². The maximum absolute atomic E-state index is 12.0.